The average Bonchev–Trinajstić information content (AvgIpc) is 2.93. The molecule has 0 aliphatic carbocycles. The minimum absolute atomic E-state index is 0.00680. The summed E-state index contributed by atoms with van der Waals surface area (Å²) in [5.74, 6) is -0.948. The molecule has 1 aromatic heterocycles. The van der Waals surface area contributed by atoms with Gasteiger partial charge in [0.2, 0.25) is 10.0 Å². The Kier molecular flexibility index (Phi) is 9.85. The average molecular weight is 573 g/mol. The first-order valence-electron chi connectivity index (χ1n) is 11.8. The van der Waals surface area contributed by atoms with E-state index in [0.29, 0.717) is 16.8 Å². The number of benzene rings is 2. The number of pyridine rings is 1. The smallest absolute Gasteiger partial charge is 0.257 e. The zero-order valence-corrected chi connectivity index (χ0v) is 23.0. The number of rotatable bonds is 12. The normalized spacial score (nSPS) is 10.9. The molecular formula is C26H29ClN6O5S. The fraction of sp³-hybridized carbons (Fsp3) is 0.231. The van der Waals surface area contributed by atoms with Crippen LogP contribution in [0.3, 0.4) is 0 Å². The maximum Gasteiger partial charge on any atom is 0.257 e. The van der Waals surface area contributed by atoms with E-state index < -0.39 is 15.9 Å². The number of halogens is 1. The van der Waals surface area contributed by atoms with E-state index in [0.717, 1.165) is 0 Å². The van der Waals surface area contributed by atoms with E-state index in [-0.39, 0.29) is 59.2 Å². The van der Waals surface area contributed by atoms with Crippen LogP contribution in [0.1, 0.15) is 34.1 Å². The van der Waals surface area contributed by atoms with Gasteiger partial charge in [-0.1, -0.05) is 29.8 Å². The van der Waals surface area contributed by atoms with Crippen molar-refractivity contribution in [1.82, 2.24) is 15.6 Å². The van der Waals surface area contributed by atoms with Gasteiger partial charge in [0, 0.05) is 41.5 Å². The van der Waals surface area contributed by atoms with Gasteiger partial charge in [-0.2, -0.15) is 0 Å². The number of carbonyl (C=O) groups excluding carboxylic acids is 2. The summed E-state index contributed by atoms with van der Waals surface area (Å²) in [7, 11) is -2.26. The molecule has 13 heteroatoms. The summed E-state index contributed by atoms with van der Waals surface area (Å²) >= 11 is 6.30. The van der Waals surface area contributed by atoms with Gasteiger partial charge in [0.1, 0.15) is 11.6 Å². The van der Waals surface area contributed by atoms with Gasteiger partial charge < -0.3 is 21.1 Å². The van der Waals surface area contributed by atoms with Gasteiger partial charge in [0.15, 0.2) is 6.61 Å². The SMILES string of the molecule is CCS(=O)(=O)N(Cc1ccccn1)c1cc(Cl)cc(C(=O)NCc2ccc(C(=N)N)cc2OCC(=O)NC)c1. The lowest BCUT2D eigenvalue weighted by molar-refractivity contribution is -0.122. The standard InChI is InChI=1S/C26H29ClN6O5S/c1-3-39(36,37)33(15-21-6-4-5-9-31-21)22-11-19(10-20(27)13-22)26(35)32-14-18-8-7-17(25(28)29)12-23(18)38-16-24(34)30-2/h4-13H,3,14-16H2,1-2H3,(H3,28,29)(H,30,34)(H,32,35). The monoisotopic (exact) mass is 572 g/mol. The summed E-state index contributed by atoms with van der Waals surface area (Å²) in [6.07, 6.45) is 1.57. The third-order valence-electron chi connectivity index (χ3n) is 5.62. The van der Waals surface area contributed by atoms with Crippen LogP contribution in [0.2, 0.25) is 5.02 Å². The summed E-state index contributed by atoms with van der Waals surface area (Å²) in [4.78, 5) is 29.0. The van der Waals surface area contributed by atoms with Crippen molar-refractivity contribution < 1.29 is 22.7 Å². The number of nitrogen functional groups attached to an aromatic ring is 1. The minimum Gasteiger partial charge on any atom is -0.483 e. The van der Waals surface area contributed by atoms with Gasteiger partial charge in [0.05, 0.1) is 23.7 Å². The van der Waals surface area contributed by atoms with Crippen molar-refractivity contribution in [3.63, 3.8) is 0 Å². The Labute approximate surface area is 231 Å². The van der Waals surface area contributed by atoms with E-state index in [4.69, 9.17) is 27.5 Å². The van der Waals surface area contributed by atoms with Crippen molar-refractivity contribution >= 4 is 45.0 Å². The van der Waals surface area contributed by atoms with Crippen LogP contribution in [-0.4, -0.2) is 50.5 Å². The Hall–Kier alpha value is -4.16. The van der Waals surface area contributed by atoms with Crippen LogP contribution in [0.5, 0.6) is 5.75 Å². The number of amides is 2. The molecule has 0 fully saturated rings. The van der Waals surface area contributed by atoms with E-state index >= 15 is 0 Å². The summed E-state index contributed by atoms with van der Waals surface area (Å²) in [5.41, 5.74) is 7.38. The predicted molar refractivity (Wildman–Crippen MR) is 150 cm³/mol. The molecule has 2 amide bonds. The number of sulfonamides is 1. The Morgan fingerprint density at radius 3 is 2.54 bits per heavy atom. The Morgan fingerprint density at radius 2 is 1.90 bits per heavy atom. The first-order valence-corrected chi connectivity index (χ1v) is 13.8. The molecule has 0 atom stereocenters. The van der Waals surface area contributed by atoms with Crippen molar-refractivity contribution in [1.29, 1.82) is 5.41 Å². The lowest BCUT2D eigenvalue weighted by atomic mass is 10.1. The second-order valence-corrected chi connectivity index (χ2v) is 10.9. The number of hydrogen-bond donors (Lipinski definition) is 4. The third-order valence-corrected chi connectivity index (χ3v) is 7.58. The molecule has 3 rings (SSSR count). The summed E-state index contributed by atoms with van der Waals surface area (Å²) in [6.45, 7) is 1.23. The molecule has 0 radical (unpaired) electrons. The van der Waals surface area contributed by atoms with Gasteiger partial charge in [-0.3, -0.25) is 24.3 Å². The van der Waals surface area contributed by atoms with Crippen molar-refractivity contribution in [2.45, 2.75) is 20.0 Å². The molecule has 0 unspecified atom stereocenters. The van der Waals surface area contributed by atoms with Gasteiger partial charge in [0.25, 0.3) is 11.8 Å². The number of likely N-dealkylation sites (N-methyl/N-ethyl adjacent to an activating group) is 1. The van der Waals surface area contributed by atoms with Crippen molar-refractivity contribution in [3.8, 4) is 5.75 Å². The first-order chi connectivity index (χ1) is 18.5. The van der Waals surface area contributed by atoms with Gasteiger partial charge >= 0.3 is 0 Å². The number of aromatic nitrogens is 1. The highest BCUT2D eigenvalue weighted by molar-refractivity contribution is 7.92. The number of anilines is 1. The van der Waals surface area contributed by atoms with Crippen LogP contribution in [0.4, 0.5) is 5.69 Å². The Morgan fingerprint density at radius 1 is 1.13 bits per heavy atom. The summed E-state index contributed by atoms with van der Waals surface area (Å²) in [5, 5.41) is 13.0. The number of carbonyl (C=O) groups is 2. The second-order valence-electron chi connectivity index (χ2n) is 8.31. The maximum atomic E-state index is 13.1. The van der Waals surface area contributed by atoms with Crippen molar-refractivity contribution in [2.24, 2.45) is 5.73 Å². The molecule has 0 aliphatic heterocycles. The molecule has 0 aliphatic rings. The molecule has 1 heterocycles. The van der Waals surface area contributed by atoms with E-state index in [9.17, 15) is 18.0 Å². The van der Waals surface area contributed by atoms with Crippen molar-refractivity contribution in [2.75, 3.05) is 23.7 Å². The highest BCUT2D eigenvalue weighted by Gasteiger charge is 2.23. The van der Waals surface area contributed by atoms with E-state index in [1.807, 2.05) is 0 Å². The van der Waals surface area contributed by atoms with Crippen LogP contribution in [-0.2, 0) is 27.9 Å². The maximum absolute atomic E-state index is 13.1. The zero-order chi connectivity index (χ0) is 28.6. The van der Waals surface area contributed by atoms with Crippen LogP contribution >= 0.6 is 11.6 Å². The highest BCUT2D eigenvalue weighted by Crippen LogP contribution is 2.27. The fourth-order valence-electron chi connectivity index (χ4n) is 3.49. The molecule has 0 spiro atoms. The van der Waals surface area contributed by atoms with Gasteiger partial charge in [-0.25, -0.2) is 8.42 Å². The lowest BCUT2D eigenvalue weighted by Gasteiger charge is -2.24. The quantitative estimate of drug-likeness (QED) is 0.191. The molecule has 39 heavy (non-hydrogen) atoms. The number of amidine groups is 1. The molecule has 0 saturated heterocycles. The zero-order valence-electron chi connectivity index (χ0n) is 21.4. The predicted octanol–water partition coefficient (Wildman–Crippen LogP) is 2.43. The summed E-state index contributed by atoms with van der Waals surface area (Å²) < 4.78 is 32.6. The molecule has 0 saturated carbocycles. The topological polar surface area (TPSA) is 168 Å². The third kappa shape index (κ3) is 7.91. The number of nitrogens with one attached hydrogen (secondary N) is 3. The second kappa shape index (κ2) is 13.1. The van der Waals surface area contributed by atoms with E-state index in [2.05, 4.69) is 15.6 Å². The summed E-state index contributed by atoms with van der Waals surface area (Å²) in [6, 6.07) is 14.3. The minimum atomic E-state index is -3.73. The largest absolute Gasteiger partial charge is 0.483 e. The molecule has 2 aromatic carbocycles. The molecule has 3 aromatic rings. The van der Waals surface area contributed by atoms with E-state index in [1.165, 1.54) is 42.5 Å². The van der Waals surface area contributed by atoms with Crippen molar-refractivity contribution in [3.05, 3.63) is 88.2 Å². The molecule has 11 nitrogen and oxygen atoms in total. The molecule has 0 bridgehead atoms. The van der Waals surface area contributed by atoms with Gasteiger partial charge in [-0.15, -0.1) is 0 Å². The van der Waals surface area contributed by atoms with Crippen LogP contribution in [0.15, 0.2) is 60.8 Å². The number of nitrogens with zero attached hydrogens (tertiary/aromatic N) is 2. The molecular weight excluding hydrogens is 544 g/mol. The van der Waals surface area contributed by atoms with Crippen LogP contribution < -0.4 is 25.4 Å². The number of nitrogens with two attached hydrogens (primary N) is 1. The number of hydrogen-bond acceptors (Lipinski definition) is 7. The molecule has 5 N–H and O–H groups in total. The number of ether oxygens (including phenoxy) is 1. The highest BCUT2D eigenvalue weighted by atomic mass is 35.5. The fourth-order valence-corrected chi connectivity index (χ4v) is 4.79. The lowest BCUT2D eigenvalue weighted by Crippen LogP contribution is -2.32. The Bertz CT molecular complexity index is 1470. The Balaban J connectivity index is 1.86. The van der Waals surface area contributed by atoms with E-state index in [1.54, 1.807) is 36.5 Å². The van der Waals surface area contributed by atoms with Crippen LogP contribution in [0.25, 0.3) is 0 Å². The van der Waals surface area contributed by atoms with Crippen LogP contribution in [0, 0.1) is 5.41 Å². The van der Waals surface area contributed by atoms with Gasteiger partial charge in [-0.05, 0) is 43.3 Å². The molecule has 206 valence electrons. The first kappa shape index (κ1) is 29.4.